The van der Waals surface area contributed by atoms with Crippen LogP contribution in [0.1, 0.15) is 12.8 Å². The van der Waals surface area contributed by atoms with Crippen molar-refractivity contribution in [1.29, 1.82) is 0 Å². The first-order valence-electron chi connectivity index (χ1n) is 6.65. The Labute approximate surface area is 117 Å². The van der Waals surface area contributed by atoms with E-state index in [0.717, 1.165) is 24.4 Å². The van der Waals surface area contributed by atoms with Gasteiger partial charge in [0.15, 0.2) is 0 Å². The molecule has 2 unspecified atom stereocenters. The zero-order valence-corrected chi connectivity index (χ0v) is 11.4. The van der Waals surface area contributed by atoms with E-state index in [1.807, 2.05) is 24.3 Å². The molecule has 2 heterocycles. The Morgan fingerprint density at radius 1 is 1.21 bits per heavy atom. The fourth-order valence-corrected chi connectivity index (χ4v) is 3.44. The molecular formula is C14H17ClN2O2. The molecule has 2 atom stereocenters. The molecule has 1 N–H and O–H groups in total. The van der Waals surface area contributed by atoms with Gasteiger partial charge >= 0.3 is 6.09 Å². The normalized spacial score (nSPS) is 26.4. The Balaban J connectivity index is 1.74. The average molecular weight is 281 g/mol. The maximum Gasteiger partial charge on any atom is 0.407 e. The summed E-state index contributed by atoms with van der Waals surface area (Å²) < 4.78 is 0. The molecule has 102 valence electrons. The Morgan fingerprint density at radius 2 is 1.95 bits per heavy atom. The quantitative estimate of drug-likeness (QED) is 0.860. The highest BCUT2D eigenvalue weighted by atomic mass is 35.5. The van der Waals surface area contributed by atoms with Crippen molar-refractivity contribution >= 4 is 23.4 Å². The number of benzene rings is 1. The topological polar surface area (TPSA) is 43.8 Å². The summed E-state index contributed by atoms with van der Waals surface area (Å²) in [4.78, 5) is 15.0. The van der Waals surface area contributed by atoms with Gasteiger partial charge < -0.3 is 14.9 Å². The Bertz CT molecular complexity index is 477. The van der Waals surface area contributed by atoms with E-state index in [0.29, 0.717) is 25.0 Å². The summed E-state index contributed by atoms with van der Waals surface area (Å²) in [6.07, 6.45) is 1.19. The minimum atomic E-state index is -0.789. The number of likely N-dealkylation sites (tertiary alicyclic amines) is 1. The molecule has 1 aromatic rings. The SMILES string of the molecule is O=C(O)N1CCC2C(CCN2c2ccc(Cl)cc2)C1. The number of piperidine rings is 1. The number of fused-ring (bicyclic) bond motifs is 1. The lowest BCUT2D eigenvalue weighted by molar-refractivity contribution is 0.118. The third-order valence-electron chi connectivity index (χ3n) is 4.26. The molecule has 3 rings (SSSR count). The maximum absolute atomic E-state index is 11.0. The van der Waals surface area contributed by atoms with Gasteiger partial charge in [-0.3, -0.25) is 0 Å². The number of rotatable bonds is 1. The summed E-state index contributed by atoms with van der Waals surface area (Å²) in [6, 6.07) is 8.40. The summed E-state index contributed by atoms with van der Waals surface area (Å²) in [5.41, 5.74) is 1.20. The summed E-state index contributed by atoms with van der Waals surface area (Å²) >= 11 is 5.92. The molecule has 1 amide bonds. The predicted molar refractivity (Wildman–Crippen MR) is 74.9 cm³/mol. The molecule has 0 bridgehead atoms. The van der Waals surface area contributed by atoms with Crippen LogP contribution < -0.4 is 4.90 Å². The van der Waals surface area contributed by atoms with Gasteiger partial charge in [0.25, 0.3) is 0 Å². The van der Waals surface area contributed by atoms with Crippen molar-refractivity contribution in [3.05, 3.63) is 29.3 Å². The van der Waals surface area contributed by atoms with Crippen LogP contribution in [-0.2, 0) is 0 Å². The predicted octanol–water partition coefficient (Wildman–Crippen LogP) is 2.92. The molecular weight excluding hydrogens is 264 g/mol. The first kappa shape index (κ1) is 12.6. The van der Waals surface area contributed by atoms with Crippen LogP contribution in [0.15, 0.2) is 24.3 Å². The van der Waals surface area contributed by atoms with Crippen LogP contribution >= 0.6 is 11.6 Å². The van der Waals surface area contributed by atoms with Crippen molar-refractivity contribution in [2.24, 2.45) is 5.92 Å². The van der Waals surface area contributed by atoms with E-state index in [-0.39, 0.29) is 0 Å². The highest BCUT2D eigenvalue weighted by Gasteiger charge is 2.39. The first-order chi connectivity index (χ1) is 9.15. The van der Waals surface area contributed by atoms with Crippen LogP contribution in [0.25, 0.3) is 0 Å². The maximum atomic E-state index is 11.0. The number of amides is 1. The molecule has 0 radical (unpaired) electrons. The van der Waals surface area contributed by atoms with Gasteiger partial charge in [0.05, 0.1) is 0 Å². The van der Waals surface area contributed by atoms with E-state index < -0.39 is 6.09 Å². The minimum absolute atomic E-state index is 0.459. The van der Waals surface area contributed by atoms with Gasteiger partial charge in [-0.2, -0.15) is 0 Å². The third-order valence-corrected chi connectivity index (χ3v) is 4.52. The van der Waals surface area contributed by atoms with Gasteiger partial charge in [0, 0.05) is 36.4 Å². The Hall–Kier alpha value is -1.42. The number of anilines is 1. The molecule has 2 aliphatic heterocycles. The lowest BCUT2D eigenvalue weighted by atomic mass is 9.93. The first-order valence-corrected chi connectivity index (χ1v) is 7.03. The van der Waals surface area contributed by atoms with E-state index in [4.69, 9.17) is 16.7 Å². The van der Waals surface area contributed by atoms with Crippen molar-refractivity contribution in [2.75, 3.05) is 24.5 Å². The molecule has 2 fully saturated rings. The second-order valence-electron chi connectivity index (χ2n) is 5.30. The van der Waals surface area contributed by atoms with Crippen LogP contribution in [0.2, 0.25) is 5.02 Å². The molecule has 19 heavy (non-hydrogen) atoms. The molecule has 2 aliphatic rings. The molecule has 2 saturated heterocycles. The van der Waals surface area contributed by atoms with Gasteiger partial charge in [-0.1, -0.05) is 11.6 Å². The van der Waals surface area contributed by atoms with E-state index >= 15 is 0 Å². The Kier molecular flexibility index (Phi) is 3.27. The number of hydrogen-bond donors (Lipinski definition) is 1. The second kappa shape index (κ2) is 4.93. The molecule has 1 aromatic carbocycles. The van der Waals surface area contributed by atoms with Crippen molar-refractivity contribution < 1.29 is 9.90 Å². The Morgan fingerprint density at radius 3 is 2.63 bits per heavy atom. The van der Waals surface area contributed by atoms with Crippen LogP contribution in [0.5, 0.6) is 0 Å². The number of hydrogen-bond acceptors (Lipinski definition) is 2. The fourth-order valence-electron chi connectivity index (χ4n) is 3.31. The third kappa shape index (κ3) is 2.37. The summed E-state index contributed by atoms with van der Waals surface area (Å²) in [5, 5.41) is 9.82. The van der Waals surface area contributed by atoms with Crippen molar-refractivity contribution in [3.8, 4) is 0 Å². The van der Waals surface area contributed by atoms with E-state index in [1.165, 1.54) is 5.69 Å². The van der Waals surface area contributed by atoms with Gasteiger partial charge in [-0.05, 0) is 43.0 Å². The lowest BCUT2D eigenvalue weighted by Crippen LogP contribution is -2.47. The van der Waals surface area contributed by atoms with Crippen molar-refractivity contribution in [1.82, 2.24) is 4.90 Å². The smallest absolute Gasteiger partial charge is 0.407 e. The fraction of sp³-hybridized carbons (Fsp3) is 0.500. The zero-order chi connectivity index (χ0) is 13.4. The number of nitrogens with zero attached hydrogens (tertiary/aromatic N) is 2. The number of carboxylic acid groups (broad SMARTS) is 1. The number of carbonyl (C=O) groups is 1. The zero-order valence-electron chi connectivity index (χ0n) is 10.6. The largest absolute Gasteiger partial charge is 0.465 e. The summed E-state index contributed by atoms with van der Waals surface area (Å²) in [7, 11) is 0. The monoisotopic (exact) mass is 280 g/mol. The van der Waals surface area contributed by atoms with Crippen LogP contribution in [0, 0.1) is 5.92 Å². The highest BCUT2D eigenvalue weighted by molar-refractivity contribution is 6.30. The van der Waals surface area contributed by atoms with Gasteiger partial charge in [0.2, 0.25) is 0 Å². The molecule has 0 aliphatic carbocycles. The van der Waals surface area contributed by atoms with Crippen LogP contribution in [0.3, 0.4) is 0 Å². The van der Waals surface area contributed by atoms with E-state index in [1.54, 1.807) is 4.90 Å². The van der Waals surface area contributed by atoms with Crippen molar-refractivity contribution in [3.63, 3.8) is 0 Å². The molecule has 5 heteroatoms. The van der Waals surface area contributed by atoms with Crippen LogP contribution in [-0.4, -0.2) is 41.8 Å². The van der Waals surface area contributed by atoms with E-state index in [9.17, 15) is 4.79 Å². The van der Waals surface area contributed by atoms with Crippen molar-refractivity contribution in [2.45, 2.75) is 18.9 Å². The highest BCUT2D eigenvalue weighted by Crippen LogP contribution is 2.35. The summed E-state index contributed by atoms with van der Waals surface area (Å²) in [5.74, 6) is 0.459. The molecule has 4 nitrogen and oxygen atoms in total. The molecule has 0 saturated carbocycles. The molecule has 0 aromatic heterocycles. The second-order valence-corrected chi connectivity index (χ2v) is 5.74. The van der Waals surface area contributed by atoms with Gasteiger partial charge in [-0.15, -0.1) is 0 Å². The van der Waals surface area contributed by atoms with Crippen LogP contribution in [0.4, 0.5) is 10.5 Å². The van der Waals surface area contributed by atoms with Gasteiger partial charge in [-0.25, -0.2) is 4.79 Å². The number of halogens is 1. The minimum Gasteiger partial charge on any atom is -0.465 e. The summed E-state index contributed by atoms with van der Waals surface area (Å²) in [6.45, 7) is 2.31. The average Bonchev–Trinajstić information content (AvgIpc) is 2.82. The van der Waals surface area contributed by atoms with Gasteiger partial charge in [0.1, 0.15) is 0 Å². The molecule has 0 spiro atoms. The van der Waals surface area contributed by atoms with E-state index in [2.05, 4.69) is 4.90 Å². The standard InChI is InChI=1S/C14H17ClN2O2/c15-11-1-3-12(4-2-11)17-8-5-10-9-16(14(18)19)7-6-13(10)17/h1-4,10,13H,5-9H2,(H,18,19). The lowest BCUT2D eigenvalue weighted by Gasteiger charge is -2.37.